The fourth-order valence-electron chi connectivity index (χ4n) is 5.17. The van der Waals surface area contributed by atoms with Gasteiger partial charge >= 0.3 is 0 Å². The number of fused-ring (bicyclic) bond motifs is 3. The molecule has 0 bridgehead atoms. The largest absolute Gasteiger partial charge is 0.411 e. The van der Waals surface area contributed by atoms with Crippen molar-refractivity contribution < 1.29 is 10.0 Å². The molecule has 3 N–H and O–H groups in total. The minimum atomic E-state index is -0.105. The molecule has 0 heterocycles. The first-order valence-electron chi connectivity index (χ1n) is 10.1. The lowest BCUT2D eigenvalue weighted by Crippen LogP contribution is -2.51. The van der Waals surface area contributed by atoms with Crippen LogP contribution in [0.5, 0.6) is 0 Å². The first-order chi connectivity index (χ1) is 12.9. The molecule has 0 aliphatic heterocycles. The summed E-state index contributed by atoms with van der Waals surface area (Å²) in [5, 5.41) is 17.7. The van der Waals surface area contributed by atoms with Crippen LogP contribution < -0.4 is 5.73 Å². The highest BCUT2D eigenvalue weighted by molar-refractivity contribution is 6.03. The second kappa shape index (κ2) is 7.63. The van der Waals surface area contributed by atoms with E-state index in [1.165, 1.54) is 11.1 Å². The van der Waals surface area contributed by atoms with E-state index < -0.39 is 0 Å². The number of rotatable bonds is 5. The van der Waals surface area contributed by atoms with Gasteiger partial charge < -0.3 is 15.8 Å². The highest BCUT2D eigenvalue weighted by Crippen LogP contribution is 2.56. The summed E-state index contributed by atoms with van der Waals surface area (Å²) in [6.45, 7) is 9.90. The standard InChI is InChI=1S/C22H33N3O2/c1-15(2)16-6-7-18-17(12-16)19(25-26)13-20-21(3,14-24-27-11-10-23)8-5-9-22(18,20)4/h6-7,12,14-15,20,26H,5,8-11,13,23H2,1-4H3/b24-14+,25-19+/t20-,21-,22+/m0/s1. The second-order valence-electron chi connectivity index (χ2n) is 8.90. The molecule has 148 valence electrons. The van der Waals surface area contributed by atoms with Crippen molar-refractivity contribution in [1.29, 1.82) is 0 Å². The maximum atomic E-state index is 9.77. The molecule has 1 aromatic rings. The molecule has 1 saturated carbocycles. The van der Waals surface area contributed by atoms with E-state index in [0.29, 0.717) is 25.0 Å². The third-order valence-corrected chi connectivity index (χ3v) is 6.76. The molecule has 5 nitrogen and oxygen atoms in total. The SMILES string of the molecule is CC(C)c1ccc2c(c1)/C(=N/O)C[C@H]1[C@](C)(/C=N/OCCN)CCC[C@]21C. The van der Waals surface area contributed by atoms with Crippen LogP contribution in [0.1, 0.15) is 76.0 Å². The van der Waals surface area contributed by atoms with Crippen LogP contribution in [0.25, 0.3) is 0 Å². The third-order valence-electron chi connectivity index (χ3n) is 6.76. The highest BCUT2D eigenvalue weighted by atomic mass is 16.6. The molecule has 0 aromatic heterocycles. The first-order valence-corrected chi connectivity index (χ1v) is 10.1. The molecule has 3 rings (SSSR count). The van der Waals surface area contributed by atoms with Crippen LogP contribution in [0.4, 0.5) is 0 Å². The highest BCUT2D eigenvalue weighted by Gasteiger charge is 2.53. The third kappa shape index (κ3) is 3.49. The van der Waals surface area contributed by atoms with Gasteiger partial charge in [-0.05, 0) is 53.7 Å². The Morgan fingerprint density at radius 1 is 1.33 bits per heavy atom. The molecule has 3 atom stereocenters. The van der Waals surface area contributed by atoms with Crippen molar-refractivity contribution in [3.63, 3.8) is 0 Å². The molecule has 2 aliphatic carbocycles. The Bertz CT molecular complexity index is 743. The van der Waals surface area contributed by atoms with Gasteiger partial charge in [0.25, 0.3) is 0 Å². The molecule has 1 fully saturated rings. The topological polar surface area (TPSA) is 80.2 Å². The lowest BCUT2D eigenvalue weighted by Gasteiger charge is -2.54. The molecule has 27 heavy (non-hydrogen) atoms. The van der Waals surface area contributed by atoms with Crippen molar-refractivity contribution >= 4 is 11.9 Å². The van der Waals surface area contributed by atoms with Gasteiger partial charge in [0.2, 0.25) is 0 Å². The maximum absolute atomic E-state index is 9.77. The summed E-state index contributed by atoms with van der Waals surface area (Å²) < 4.78 is 0. The summed E-state index contributed by atoms with van der Waals surface area (Å²) in [7, 11) is 0. The van der Waals surface area contributed by atoms with Crippen molar-refractivity contribution in [2.24, 2.45) is 27.4 Å². The number of nitrogens with two attached hydrogens (primary N) is 1. The lowest BCUT2D eigenvalue weighted by atomic mass is 9.50. The quantitative estimate of drug-likeness (QED) is 0.348. The monoisotopic (exact) mass is 371 g/mol. The van der Waals surface area contributed by atoms with Crippen LogP contribution in [0.2, 0.25) is 0 Å². The predicted molar refractivity (Wildman–Crippen MR) is 110 cm³/mol. The normalized spacial score (nSPS) is 31.9. The Labute approximate surface area is 162 Å². The van der Waals surface area contributed by atoms with Crippen molar-refractivity contribution in [3.05, 3.63) is 34.9 Å². The Kier molecular flexibility index (Phi) is 5.61. The van der Waals surface area contributed by atoms with E-state index in [1.807, 2.05) is 6.21 Å². The summed E-state index contributed by atoms with van der Waals surface area (Å²) in [6, 6.07) is 6.72. The van der Waals surface area contributed by atoms with Crippen LogP contribution in [0.3, 0.4) is 0 Å². The van der Waals surface area contributed by atoms with Gasteiger partial charge in [0.1, 0.15) is 6.61 Å². The van der Waals surface area contributed by atoms with Gasteiger partial charge in [-0.2, -0.15) is 0 Å². The Hall–Kier alpha value is -1.88. The molecular formula is C22H33N3O2. The van der Waals surface area contributed by atoms with E-state index in [1.54, 1.807) is 0 Å². The molecule has 5 heteroatoms. The van der Waals surface area contributed by atoms with Crippen LogP contribution in [-0.2, 0) is 10.3 Å². The molecule has 0 amide bonds. The van der Waals surface area contributed by atoms with Crippen molar-refractivity contribution in [2.45, 2.75) is 64.7 Å². The number of hydrogen-bond donors (Lipinski definition) is 2. The van der Waals surface area contributed by atoms with Gasteiger partial charge in [-0.1, -0.05) is 56.6 Å². The zero-order chi connectivity index (χ0) is 19.7. The Morgan fingerprint density at radius 3 is 2.78 bits per heavy atom. The summed E-state index contributed by atoms with van der Waals surface area (Å²) >= 11 is 0. The van der Waals surface area contributed by atoms with E-state index in [9.17, 15) is 5.21 Å². The van der Waals surface area contributed by atoms with Crippen LogP contribution in [0, 0.1) is 11.3 Å². The van der Waals surface area contributed by atoms with Gasteiger partial charge in [0, 0.05) is 23.7 Å². The van der Waals surface area contributed by atoms with E-state index >= 15 is 0 Å². The van der Waals surface area contributed by atoms with E-state index in [-0.39, 0.29) is 10.8 Å². The van der Waals surface area contributed by atoms with E-state index in [0.717, 1.165) is 37.0 Å². The molecular weight excluding hydrogens is 338 g/mol. The average Bonchev–Trinajstić information content (AvgIpc) is 2.65. The smallest absolute Gasteiger partial charge is 0.129 e. The molecule has 2 aliphatic rings. The number of hydrogen-bond acceptors (Lipinski definition) is 5. The Morgan fingerprint density at radius 2 is 2.11 bits per heavy atom. The summed E-state index contributed by atoms with van der Waals surface area (Å²) in [5.41, 5.74) is 9.91. The zero-order valence-electron chi connectivity index (χ0n) is 17.0. The van der Waals surface area contributed by atoms with Crippen molar-refractivity contribution in [3.8, 4) is 0 Å². The van der Waals surface area contributed by atoms with Crippen LogP contribution in [0.15, 0.2) is 28.5 Å². The number of oxime groups is 2. The van der Waals surface area contributed by atoms with Gasteiger partial charge in [0.05, 0.1) is 5.71 Å². The Balaban J connectivity index is 2.04. The summed E-state index contributed by atoms with van der Waals surface area (Å²) in [4.78, 5) is 5.29. The zero-order valence-corrected chi connectivity index (χ0v) is 17.0. The van der Waals surface area contributed by atoms with E-state index in [4.69, 9.17) is 10.6 Å². The summed E-state index contributed by atoms with van der Waals surface area (Å²) in [5.74, 6) is 0.761. The van der Waals surface area contributed by atoms with Crippen molar-refractivity contribution in [2.75, 3.05) is 13.2 Å². The second-order valence-corrected chi connectivity index (χ2v) is 8.90. The van der Waals surface area contributed by atoms with Gasteiger partial charge in [0.15, 0.2) is 0 Å². The maximum Gasteiger partial charge on any atom is 0.129 e. The van der Waals surface area contributed by atoms with Gasteiger partial charge in [-0.15, -0.1) is 0 Å². The fourth-order valence-corrected chi connectivity index (χ4v) is 5.17. The number of nitrogens with zero attached hydrogens (tertiary/aromatic N) is 2. The molecule has 0 unspecified atom stereocenters. The van der Waals surface area contributed by atoms with Gasteiger partial charge in [-0.3, -0.25) is 0 Å². The summed E-state index contributed by atoms with van der Waals surface area (Å²) in [6.07, 6.45) is 6.05. The molecule has 0 saturated heterocycles. The minimum absolute atomic E-state index is 0.0337. The van der Waals surface area contributed by atoms with Gasteiger partial charge in [-0.25, -0.2) is 0 Å². The molecule has 1 aromatic carbocycles. The molecule has 0 radical (unpaired) electrons. The number of benzene rings is 1. The van der Waals surface area contributed by atoms with Crippen LogP contribution in [-0.4, -0.2) is 30.3 Å². The fraction of sp³-hybridized carbons (Fsp3) is 0.636. The van der Waals surface area contributed by atoms with E-state index in [2.05, 4.69) is 56.2 Å². The van der Waals surface area contributed by atoms with Crippen molar-refractivity contribution in [1.82, 2.24) is 0 Å². The molecule has 0 spiro atoms. The predicted octanol–water partition coefficient (Wildman–Crippen LogP) is 4.42. The lowest BCUT2D eigenvalue weighted by molar-refractivity contribution is 0.0910. The minimum Gasteiger partial charge on any atom is -0.411 e. The van der Waals surface area contributed by atoms with Crippen LogP contribution >= 0.6 is 0 Å². The first kappa shape index (κ1) is 19.9. The average molecular weight is 372 g/mol.